The van der Waals surface area contributed by atoms with Gasteiger partial charge in [0, 0.05) is 25.2 Å². The molecule has 2 aromatic carbocycles. The third kappa shape index (κ3) is 5.23. The van der Waals surface area contributed by atoms with E-state index >= 15 is 0 Å². The van der Waals surface area contributed by atoms with Gasteiger partial charge < -0.3 is 20.9 Å². The van der Waals surface area contributed by atoms with Gasteiger partial charge in [-0.3, -0.25) is 9.59 Å². The van der Waals surface area contributed by atoms with Crippen molar-refractivity contribution in [1.82, 2.24) is 10.6 Å². The van der Waals surface area contributed by atoms with Crippen molar-refractivity contribution in [3.8, 4) is 0 Å². The Hall–Kier alpha value is -3.06. The van der Waals surface area contributed by atoms with Gasteiger partial charge in [0.15, 0.2) is 0 Å². The molecule has 0 aromatic heterocycles. The van der Waals surface area contributed by atoms with Crippen molar-refractivity contribution < 1.29 is 14.4 Å². The van der Waals surface area contributed by atoms with E-state index in [1.165, 1.54) is 0 Å². The van der Waals surface area contributed by atoms with E-state index in [-0.39, 0.29) is 18.4 Å². The molecular weight excluding hydrogens is 380 g/mol. The normalized spacial score (nSPS) is 13.3. The Balaban J connectivity index is 1.46. The fourth-order valence-electron chi connectivity index (χ4n) is 2.91. The summed E-state index contributed by atoms with van der Waals surface area (Å²) in [4.78, 5) is 37.3. The lowest BCUT2D eigenvalue weighted by Crippen LogP contribution is -2.39. The number of nitrogens with zero attached hydrogens (tertiary/aromatic N) is 1. The number of rotatable bonds is 6. The summed E-state index contributed by atoms with van der Waals surface area (Å²) < 4.78 is 0. The molecule has 0 bridgehead atoms. The van der Waals surface area contributed by atoms with Crippen molar-refractivity contribution >= 4 is 40.8 Å². The molecule has 0 radical (unpaired) electrons. The zero-order valence-corrected chi connectivity index (χ0v) is 16.0. The number of hydrogen-bond acceptors (Lipinski definition) is 3. The maximum absolute atomic E-state index is 12.0. The average molecular weight is 401 g/mol. The molecule has 1 aliphatic rings. The number of halogens is 1. The van der Waals surface area contributed by atoms with Crippen LogP contribution in [0.2, 0.25) is 5.02 Å². The molecule has 3 rings (SSSR count). The van der Waals surface area contributed by atoms with Crippen molar-refractivity contribution in [2.75, 3.05) is 23.3 Å². The summed E-state index contributed by atoms with van der Waals surface area (Å²) in [5.74, 6) is -0.333. The molecule has 2 aromatic rings. The highest BCUT2D eigenvalue weighted by molar-refractivity contribution is 6.34. The van der Waals surface area contributed by atoms with E-state index in [4.69, 9.17) is 11.6 Å². The zero-order chi connectivity index (χ0) is 19.9. The van der Waals surface area contributed by atoms with E-state index in [2.05, 4.69) is 16.0 Å². The SMILES string of the molecule is O=C(CNC(=O)NCc1ccccc1)Nc1ccc(N2CCCC2=O)c(Cl)c1. The Morgan fingerprint density at radius 1 is 1.07 bits per heavy atom. The van der Waals surface area contributed by atoms with Crippen molar-refractivity contribution in [1.29, 1.82) is 0 Å². The lowest BCUT2D eigenvalue weighted by Gasteiger charge is -2.18. The standard InChI is InChI=1S/C20H21ClN4O3/c21-16-11-15(8-9-17(16)25-10-4-7-19(25)27)24-18(26)13-23-20(28)22-12-14-5-2-1-3-6-14/h1-3,5-6,8-9,11H,4,7,10,12-13H2,(H,24,26)(H2,22,23,28). The maximum atomic E-state index is 12.0. The molecule has 8 heteroatoms. The van der Waals surface area contributed by atoms with E-state index in [9.17, 15) is 14.4 Å². The molecular formula is C20H21ClN4O3. The van der Waals surface area contributed by atoms with Crippen LogP contribution in [-0.4, -0.2) is 30.9 Å². The molecule has 0 spiro atoms. The third-order valence-corrected chi connectivity index (χ3v) is 4.60. The first-order valence-corrected chi connectivity index (χ1v) is 9.36. The van der Waals surface area contributed by atoms with Crippen LogP contribution in [0.15, 0.2) is 48.5 Å². The van der Waals surface area contributed by atoms with E-state index in [1.807, 2.05) is 30.3 Å². The minimum absolute atomic E-state index is 0.0457. The molecule has 0 saturated carbocycles. The first kappa shape index (κ1) is 19.7. The lowest BCUT2D eigenvalue weighted by molar-refractivity contribution is -0.117. The highest BCUT2D eigenvalue weighted by atomic mass is 35.5. The third-order valence-electron chi connectivity index (χ3n) is 4.30. The average Bonchev–Trinajstić information content (AvgIpc) is 3.11. The maximum Gasteiger partial charge on any atom is 0.315 e. The number of nitrogens with one attached hydrogen (secondary N) is 3. The predicted octanol–water partition coefficient (Wildman–Crippen LogP) is 2.90. The Bertz CT molecular complexity index is 873. The second kappa shape index (κ2) is 9.23. The number of urea groups is 1. The Morgan fingerprint density at radius 2 is 1.86 bits per heavy atom. The molecule has 28 heavy (non-hydrogen) atoms. The second-order valence-electron chi connectivity index (χ2n) is 6.39. The molecule has 0 aliphatic carbocycles. The van der Waals surface area contributed by atoms with Gasteiger partial charge in [0.2, 0.25) is 11.8 Å². The summed E-state index contributed by atoms with van der Waals surface area (Å²) in [5, 5.41) is 8.25. The summed E-state index contributed by atoms with van der Waals surface area (Å²) in [5.41, 5.74) is 2.10. The number of carbonyl (C=O) groups excluding carboxylic acids is 3. The van der Waals surface area contributed by atoms with Crippen LogP contribution < -0.4 is 20.9 Å². The molecule has 1 saturated heterocycles. The van der Waals surface area contributed by atoms with Crippen LogP contribution in [0, 0.1) is 0 Å². The van der Waals surface area contributed by atoms with Crippen LogP contribution in [0.1, 0.15) is 18.4 Å². The zero-order valence-electron chi connectivity index (χ0n) is 15.2. The summed E-state index contributed by atoms with van der Waals surface area (Å²) in [6.07, 6.45) is 1.33. The van der Waals surface area contributed by atoms with Gasteiger partial charge in [0.25, 0.3) is 0 Å². The van der Waals surface area contributed by atoms with Gasteiger partial charge in [-0.15, -0.1) is 0 Å². The van der Waals surface area contributed by atoms with E-state index < -0.39 is 6.03 Å². The van der Waals surface area contributed by atoms with Gasteiger partial charge in [-0.2, -0.15) is 0 Å². The molecule has 146 valence electrons. The summed E-state index contributed by atoms with van der Waals surface area (Å²) in [6.45, 7) is 0.845. The summed E-state index contributed by atoms with van der Waals surface area (Å²) in [6, 6.07) is 14.0. The van der Waals surface area contributed by atoms with Crippen LogP contribution in [0.25, 0.3) is 0 Å². The second-order valence-corrected chi connectivity index (χ2v) is 6.79. The molecule has 1 heterocycles. The minimum atomic E-state index is -0.431. The monoisotopic (exact) mass is 400 g/mol. The number of benzene rings is 2. The summed E-state index contributed by atoms with van der Waals surface area (Å²) in [7, 11) is 0. The van der Waals surface area contributed by atoms with E-state index in [0.29, 0.717) is 35.9 Å². The van der Waals surface area contributed by atoms with Crippen molar-refractivity contribution in [2.24, 2.45) is 0 Å². The van der Waals surface area contributed by atoms with Crippen LogP contribution in [0.5, 0.6) is 0 Å². The fraction of sp³-hybridized carbons (Fsp3) is 0.250. The van der Waals surface area contributed by atoms with Gasteiger partial charge in [-0.05, 0) is 30.2 Å². The van der Waals surface area contributed by atoms with Gasteiger partial charge in [0.1, 0.15) is 0 Å². The predicted molar refractivity (Wildman–Crippen MR) is 108 cm³/mol. The molecule has 0 atom stereocenters. The smallest absolute Gasteiger partial charge is 0.315 e. The first-order valence-electron chi connectivity index (χ1n) is 8.98. The Labute approximate surface area is 168 Å². The van der Waals surface area contributed by atoms with Gasteiger partial charge in [-0.1, -0.05) is 41.9 Å². The van der Waals surface area contributed by atoms with Crippen LogP contribution >= 0.6 is 11.6 Å². The molecule has 3 N–H and O–H groups in total. The Morgan fingerprint density at radius 3 is 2.54 bits per heavy atom. The topological polar surface area (TPSA) is 90.5 Å². The first-order chi connectivity index (χ1) is 13.5. The largest absolute Gasteiger partial charge is 0.334 e. The molecule has 0 unspecified atom stereocenters. The van der Waals surface area contributed by atoms with Crippen LogP contribution in [0.3, 0.4) is 0 Å². The van der Waals surface area contributed by atoms with Gasteiger partial charge in [0.05, 0.1) is 17.3 Å². The van der Waals surface area contributed by atoms with Crippen LogP contribution in [0.4, 0.5) is 16.2 Å². The Kier molecular flexibility index (Phi) is 6.49. The molecule has 1 aliphatic heterocycles. The van der Waals surface area contributed by atoms with Crippen molar-refractivity contribution in [3.05, 3.63) is 59.1 Å². The minimum Gasteiger partial charge on any atom is -0.334 e. The lowest BCUT2D eigenvalue weighted by atomic mass is 10.2. The number of anilines is 2. The van der Waals surface area contributed by atoms with Crippen molar-refractivity contribution in [3.63, 3.8) is 0 Å². The number of amides is 4. The molecule has 7 nitrogen and oxygen atoms in total. The summed E-state index contributed by atoms with van der Waals surface area (Å²) >= 11 is 6.26. The molecule has 4 amide bonds. The quantitative estimate of drug-likeness (QED) is 0.696. The number of carbonyl (C=O) groups is 3. The van der Waals surface area contributed by atoms with Crippen LogP contribution in [-0.2, 0) is 16.1 Å². The van der Waals surface area contributed by atoms with Gasteiger partial charge >= 0.3 is 6.03 Å². The molecule has 1 fully saturated rings. The highest BCUT2D eigenvalue weighted by Crippen LogP contribution is 2.31. The van der Waals surface area contributed by atoms with E-state index in [0.717, 1.165) is 12.0 Å². The fourth-order valence-corrected chi connectivity index (χ4v) is 3.20. The highest BCUT2D eigenvalue weighted by Gasteiger charge is 2.23. The number of hydrogen-bond donors (Lipinski definition) is 3. The van der Waals surface area contributed by atoms with E-state index in [1.54, 1.807) is 23.1 Å². The van der Waals surface area contributed by atoms with Gasteiger partial charge in [-0.25, -0.2) is 4.79 Å². The van der Waals surface area contributed by atoms with Crippen molar-refractivity contribution in [2.45, 2.75) is 19.4 Å².